The minimum atomic E-state index is -0.252. The highest BCUT2D eigenvalue weighted by Gasteiger charge is 2.43. The Bertz CT molecular complexity index is 821. The van der Waals surface area contributed by atoms with Crippen molar-refractivity contribution in [2.75, 3.05) is 0 Å². The smallest absolute Gasteiger partial charge is 0.410 e. The number of ether oxygens (including phenoxy) is 1. The first-order valence-corrected chi connectivity index (χ1v) is 10.1. The number of rotatable bonds is 4. The van der Waals surface area contributed by atoms with Gasteiger partial charge in [-0.1, -0.05) is 36.4 Å². The lowest BCUT2D eigenvalue weighted by molar-refractivity contribution is 0.00463. The number of carbonyl (C=O) groups is 2. The van der Waals surface area contributed by atoms with Crippen LogP contribution in [0, 0.1) is 12.8 Å². The van der Waals surface area contributed by atoms with Gasteiger partial charge in [-0.05, 0) is 56.2 Å². The molecule has 0 radical (unpaired) electrons. The van der Waals surface area contributed by atoms with Crippen LogP contribution in [0.25, 0.3) is 0 Å². The van der Waals surface area contributed by atoms with Gasteiger partial charge >= 0.3 is 6.09 Å². The number of hydrogen-bond donors (Lipinski definition) is 0. The Hall–Kier alpha value is -2.69. The molecule has 0 saturated carbocycles. The Morgan fingerprint density at radius 3 is 2.43 bits per heavy atom. The number of Topliss-reactive ketones (excluding diaryl/α,β-unsaturated/α-hetero) is 1. The maximum absolute atomic E-state index is 12.9. The summed E-state index contributed by atoms with van der Waals surface area (Å²) >= 11 is 0. The summed E-state index contributed by atoms with van der Waals surface area (Å²) in [6.45, 7) is 2.25. The third-order valence-electron chi connectivity index (χ3n) is 5.93. The SMILES string of the molecule is Cc1ccc(C(=O)C2CC3CCCC(C2)N3C(=O)OCc2ccccc2)nc1. The van der Waals surface area contributed by atoms with Gasteiger partial charge < -0.3 is 9.64 Å². The zero-order chi connectivity index (χ0) is 19.5. The molecule has 2 unspecified atom stereocenters. The Morgan fingerprint density at radius 1 is 1.07 bits per heavy atom. The summed E-state index contributed by atoms with van der Waals surface area (Å²) in [6.07, 6.45) is 5.85. The first kappa shape index (κ1) is 18.7. The number of piperidine rings is 2. The molecule has 1 aromatic carbocycles. The molecule has 3 heterocycles. The van der Waals surface area contributed by atoms with Crippen LogP contribution in [0.5, 0.6) is 0 Å². The van der Waals surface area contributed by atoms with Crippen LogP contribution in [0.3, 0.4) is 0 Å². The molecule has 5 nitrogen and oxygen atoms in total. The van der Waals surface area contributed by atoms with Crippen LogP contribution in [0.1, 0.15) is 53.7 Å². The lowest BCUT2D eigenvalue weighted by Gasteiger charge is -2.47. The highest BCUT2D eigenvalue weighted by molar-refractivity contribution is 5.96. The van der Waals surface area contributed by atoms with E-state index in [0.717, 1.165) is 30.4 Å². The van der Waals surface area contributed by atoms with Crippen LogP contribution in [-0.4, -0.2) is 33.8 Å². The number of aryl methyl sites for hydroxylation is 1. The molecule has 5 heteroatoms. The molecule has 1 aromatic heterocycles. The topological polar surface area (TPSA) is 59.5 Å². The average Bonchev–Trinajstić information content (AvgIpc) is 2.72. The number of carbonyl (C=O) groups excluding carboxylic acids is 2. The molecule has 4 rings (SSSR count). The third-order valence-corrected chi connectivity index (χ3v) is 5.93. The molecule has 0 N–H and O–H groups in total. The van der Waals surface area contributed by atoms with Gasteiger partial charge in [0.1, 0.15) is 12.3 Å². The van der Waals surface area contributed by atoms with Crippen molar-refractivity contribution >= 4 is 11.9 Å². The van der Waals surface area contributed by atoms with Crippen molar-refractivity contribution in [3.63, 3.8) is 0 Å². The minimum absolute atomic E-state index is 0.0660. The van der Waals surface area contributed by atoms with Gasteiger partial charge in [-0.2, -0.15) is 0 Å². The van der Waals surface area contributed by atoms with E-state index in [1.54, 1.807) is 6.20 Å². The molecule has 28 heavy (non-hydrogen) atoms. The second kappa shape index (κ2) is 8.13. The van der Waals surface area contributed by atoms with Crippen molar-refractivity contribution in [3.05, 3.63) is 65.5 Å². The van der Waals surface area contributed by atoms with E-state index in [-0.39, 0.29) is 36.5 Å². The van der Waals surface area contributed by atoms with Crippen molar-refractivity contribution < 1.29 is 14.3 Å². The van der Waals surface area contributed by atoms with Crippen molar-refractivity contribution in [1.82, 2.24) is 9.88 Å². The van der Waals surface area contributed by atoms with Gasteiger partial charge in [0.15, 0.2) is 5.78 Å². The van der Waals surface area contributed by atoms with Gasteiger partial charge in [-0.3, -0.25) is 9.78 Å². The van der Waals surface area contributed by atoms with Crippen LogP contribution in [0.4, 0.5) is 4.79 Å². The maximum atomic E-state index is 12.9. The van der Waals surface area contributed by atoms with Gasteiger partial charge in [0.25, 0.3) is 0 Å². The fourth-order valence-corrected chi connectivity index (χ4v) is 4.51. The second-order valence-electron chi connectivity index (χ2n) is 7.94. The summed E-state index contributed by atoms with van der Waals surface area (Å²) in [6, 6.07) is 13.6. The van der Waals surface area contributed by atoms with Crippen molar-refractivity contribution in [3.8, 4) is 0 Å². The molecule has 0 aliphatic carbocycles. The molecular weight excluding hydrogens is 352 g/mol. The summed E-state index contributed by atoms with van der Waals surface area (Å²) in [5.41, 5.74) is 2.56. The summed E-state index contributed by atoms with van der Waals surface area (Å²) in [5.74, 6) is 0.0397. The molecule has 1 amide bonds. The Morgan fingerprint density at radius 2 is 1.79 bits per heavy atom. The van der Waals surface area contributed by atoms with E-state index in [1.165, 1.54) is 0 Å². The molecular formula is C23H26N2O3. The summed E-state index contributed by atoms with van der Waals surface area (Å²) < 4.78 is 5.59. The summed E-state index contributed by atoms with van der Waals surface area (Å²) in [4.78, 5) is 31.9. The highest BCUT2D eigenvalue weighted by Crippen LogP contribution is 2.38. The van der Waals surface area contributed by atoms with Crippen molar-refractivity contribution in [2.24, 2.45) is 5.92 Å². The molecule has 0 spiro atoms. The van der Waals surface area contributed by atoms with E-state index in [2.05, 4.69) is 4.98 Å². The van der Waals surface area contributed by atoms with E-state index in [1.807, 2.05) is 54.3 Å². The maximum Gasteiger partial charge on any atom is 0.410 e. The number of pyridine rings is 1. The first-order chi connectivity index (χ1) is 13.6. The quantitative estimate of drug-likeness (QED) is 0.733. The van der Waals surface area contributed by atoms with Crippen molar-refractivity contribution in [2.45, 2.75) is 57.7 Å². The molecule has 2 aliphatic rings. The number of benzene rings is 1. The molecule has 2 aliphatic heterocycles. The summed E-state index contributed by atoms with van der Waals surface area (Å²) in [7, 11) is 0. The van der Waals surface area contributed by atoms with Crippen LogP contribution in [0.15, 0.2) is 48.7 Å². The van der Waals surface area contributed by atoms with Gasteiger partial charge in [0.2, 0.25) is 0 Å². The molecule has 2 atom stereocenters. The van der Waals surface area contributed by atoms with E-state index >= 15 is 0 Å². The number of hydrogen-bond acceptors (Lipinski definition) is 4. The van der Waals surface area contributed by atoms with Crippen LogP contribution in [0.2, 0.25) is 0 Å². The zero-order valence-corrected chi connectivity index (χ0v) is 16.2. The second-order valence-corrected chi connectivity index (χ2v) is 7.94. The number of amides is 1. The zero-order valence-electron chi connectivity index (χ0n) is 16.2. The monoisotopic (exact) mass is 378 g/mol. The number of ketones is 1. The molecule has 2 bridgehead atoms. The minimum Gasteiger partial charge on any atom is -0.445 e. The standard InChI is InChI=1S/C23H26N2O3/c1-16-10-11-21(24-14-16)22(26)18-12-19-8-5-9-20(13-18)25(19)23(27)28-15-17-6-3-2-4-7-17/h2-4,6-7,10-11,14,18-20H,5,8-9,12-13,15H2,1H3. The highest BCUT2D eigenvalue weighted by atomic mass is 16.6. The molecule has 2 aromatic rings. The predicted molar refractivity (Wildman–Crippen MR) is 106 cm³/mol. The number of fused-ring (bicyclic) bond motifs is 2. The van der Waals surface area contributed by atoms with E-state index < -0.39 is 0 Å². The Balaban J connectivity index is 1.42. The van der Waals surface area contributed by atoms with Crippen LogP contribution < -0.4 is 0 Å². The fraction of sp³-hybridized carbons (Fsp3) is 0.435. The van der Waals surface area contributed by atoms with E-state index in [4.69, 9.17) is 4.74 Å². The fourth-order valence-electron chi connectivity index (χ4n) is 4.51. The number of aromatic nitrogens is 1. The van der Waals surface area contributed by atoms with E-state index in [0.29, 0.717) is 18.5 Å². The van der Waals surface area contributed by atoms with E-state index in [9.17, 15) is 9.59 Å². The van der Waals surface area contributed by atoms with Crippen LogP contribution >= 0.6 is 0 Å². The van der Waals surface area contributed by atoms with Crippen molar-refractivity contribution in [1.29, 1.82) is 0 Å². The Kier molecular flexibility index (Phi) is 5.42. The van der Waals surface area contributed by atoms with Gasteiger partial charge in [0, 0.05) is 24.2 Å². The lowest BCUT2D eigenvalue weighted by atomic mass is 9.76. The van der Waals surface area contributed by atoms with Crippen LogP contribution in [-0.2, 0) is 11.3 Å². The summed E-state index contributed by atoms with van der Waals surface area (Å²) in [5, 5.41) is 0. The largest absolute Gasteiger partial charge is 0.445 e. The normalized spacial score (nSPS) is 23.9. The lowest BCUT2D eigenvalue weighted by Crippen LogP contribution is -2.55. The third kappa shape index (κ3) is 3.93. The molecule has 2 fully saturated rings. The first-order valence-electron chi connectivity index (χ1n) is 10.1. The molecule has 146 valence electrons. The Labute approximate surface area is 165 Å². The predicted octanol–water partition coefficient (Wildman–Crippen LogP) is 4.54. The number of nitrogens with zero attached hydrogens (tertiary/aromatic N) is 2. The van der Waals surface area contributed by atoms with Gasteiger partial charge in [0.05, 0.1) is 0 Å². The average molecular weight is 378 g/mol. The molecule has 2 saturated heterocycles. The van der Waals surface area contributed by atoms with Gasteiger partial charge in [-0.25, -0.2) is 4.79 Å². The van der Waals surface area contributed by atoms with Gasteiger partial charge in [-0.15, -0.1) is 0 Å².